The lowest BCUT2D eigenvalue weighted by molar-refractivity contribution is 0.0516. The summed E-state index contributed by atoms with van der Waals surface area (Å²) in [6.45, 7) is 7.82. The third kappa shape index (κ3) is 2.97. The Bertz CT molecular complexity index is 1170. The monoisotopic (exact) mass is 391 g/mol. The molecule has 148 valence electrons. The first-order valence-electron chi connectivity index (χ1n) is 9.39. The number of hydrazine groups is 1. The van der Waals surface area contributed by atoms with Crippen LogP contribution >= 0.6 is 0 Å². The van der Waals surface area contributed by atoms with E-state index in [2.05, 4.69) is 20.6 Å². The van der Waals surface area contributed by atoms with Crippen LogP contribution in [0.1, 0.15) is 70.3 Å². The first-order chi connectivity index (χ1) is 13.7. The number of pyridine rings is 1. The number of aromatic nitrogens is 3. The van der Waals surface area contributed by atoms with Crippen LogP contribution in [0, 0.1) is 0 Å². The van der Waals surface area contributed by atoms with E-state index in [1.807, 2.05) is 33.8 Å². The molecule has 0 bridgehead atoms. The highest BCUT2D eigenvalue weighted by Crippen LogP contribution is 2.31. The van der Waals surface area contributed by atoms with E-state index in [1.54, 1.807) is 24.3 Å². The van der Waals surface area contributed by atoms with Crippen molar-refractivity contribution in [2.24, 2.45) is 0 Å². The predicted molar refractivity (Wildman–Crippen MR) is 106 cm³/mol. The molecule has 0 radical (unpaired) electrons. The van der Waals surface area contributed by atoms with Crippen molar-refractivity contribution in [1.29, 1.82) is 0 Å². The normalized spacial score (nSPS) is 13.9. The van der Waals surface area contributed by atoms with E-state index in [-0.39, 0.29) is 22.2 Å². The Morgan fingerprint density at radius 1 is 1.14 bits per heavy atom. The van der Waals surface area contributed by atoms with Gasteiger partial charge in [0.1, 0.15) is 0 Å². The summed E-state index contributed by atoms with van der Waals surface area (Å²) < 4.78 is 0. The SMILES string of the molecule is CCc1nc2ccccc2c2c1C(=O)N(NC(=O)c1cc(C(C)(C)C)[nH]n1)C2=O. The maximum Gasteiger partial charge on any atom is 0.290 e. The Hall–Kier alpha value is -3.55. The van der Waals surface area contributed by atoms with Crippen LogP contribution in [0.25, 0.3) is 10.9 Å². The zero-order valence-corrected chi connectivity index (χ0v) is 16.7. The van der Waals surface area contributed by atoms with Crippen molar-refractivity contribution in [2.75, 3.05) is 0 Å². The fraction of sp³-hybridized carbons (Fsp3) is 0.286. The van der Waals surface area contributed by atoms with Crippen molar-refractivity contribution in [2.45, 2.75) is 39.5 Å². The largest absolute Gasteiger partial charge is 0.290 e. The number of amides is 3. The first kappa shape index (κ1) is 18.8. The minimum Gasteiger partial charge on any atom is -0.281 e. The number of aromatic amines is 1. The van der Waals surface area contributed by atoms with Crippen molar-refractivity contribution >= 4 is 28.6 Å². The van der Waals surface area contributed by atoms with Crippen LogP contribution in [0.5, 0.6) is 0 Å². The molecule has 2 N–H and O–H groups in total. The Balaban J connectivity index is 1.70. The van der Waals surface area contributed by atoms with Gasteiger partial charge in [-0.2, -0.15) is 10.1 Å². The Kier molecular flexibility index (Phi) is 4.22. The number of benzene rings is 1. The highest BCUT2D eigenvalue weighted by atomic mass is 16.2. The predicted octanol–water partition coefficient (Wildman–Crippen LogP) is 2.76. The number of carbonyl (C=O) groups excluding carboxylic acids is 3. The molecule has 4 rings (SSSR count). The summed E-state index contributed by atoms with van der Waals surface area (Å²) in [7, 11) is 0. The third-order valence-electron chi connectivity index (χ3n) is 4.97. The van der Waals surface area contributed by atoms with E-state index in [0.29, 0.717) is 23.0 Å². The first-order valence-corrected chi connectivity index (χ1v) is 9.39. The summed E-state index contributed by atoms with van der Waals surface area (Å²) in [5.74, 6) is -1.79. The highest BCUT2D eigenvalue weighted by molar-refractivity contribution is 6.27. The van der Waals surface area contributed by atoms with Gasteiger partial charge in [-0.3, -0.25) is 29.9 Å². The lowest BCUT2D eigenvalue weighted by Crippen LogP contribution is -2.46. The molecule has 3 heterocycles. The molecular weight excluding hydrogens is 370 g/mol. The number of aryl methyl sites for hydroxylation is 1. The molecule has 2 aromatic heterocycles. The molecule has 0 aliphatic carbocycles. The lowest BCUT2D eigenvalue weighted by atomic mass is 9.92. The average molecular weight is 391 g/mol. The molecule has 8 heteroatoms. The Labute approximate surface area is 167 Å². The van der Waals surface area contributed by atoms with Gasteiger partial charge in [0, 0.05) is 16.5 Å². The van der Waals surface area contributed by atoms with Crippen LogP contribution in [-0.2, 0) is 11.8 Å². The quantitative estimate of drug-likeness (QED) is 0.668. The van der Waals surface area contributed by atoms with Crippen molar-refractivity contribution in [1.82, 2.24) is 25.6 Å². The molecule has 0 fully saturated rings. The van der Waals surface area contributed by atoms with Crippen LogP contribution in [0.3, 0.4) is 0 Å². The standard InChI is InChI=1S/C21H21N5O3/c1-5-12-17-16(11-8-6-7-9-13(11)22-12)19(28)26(20(17)29)25-18(27)14-10-15(24-23-14)21(2,3)4/h6-10H,5H2,1-4H3,(H,23,24)(H,25,27). The van der Waals surface area contributed by atoms with Gasteiger partial charge in [0.15, 0.2) is 5.69 Å². The van der Waals surface area contributed by atoms with Crippen molar-refractivity contribution in [3.63, 3.8) is 0 Å². The second kappa shape index (κ2) is 6.51. The zero-order chi connectivity index (χ0) is 20.9. The van der Waals surface area contributed by atoms with Crippen molar-refractivity contribution in [3.05, 3.63) is 58.5 Å². The Morgan fingerprint density at radius 2 is 1.83 bits per heavy atom. The molecule has 0 spiro atoms. The van der Waals surface area contributed by atoms with Gasteiger partial charge in [-0.1, -0.05) is 45.9 Å². The maximum atomic E-state index is 13.1. The summed E-state index contributed by atoms with van der Waals surface area (Å²) >= 11 is 0. The molecule has 0 unspecified atom stereocenters. The van der Waals surface area contributed by atoms with Crippen molar-refractivity contribution < 1.29 is 14.4 Å². The number of imide groups is 1. The van der Waals surface area contributed by atoms with Crippen LogP contribution in [0.2, 0.25) is 0 Å². The summed E-state index contributed by atoms with van der Waals surface area (Å²) in [6.07, 6.45) is 0.488. The number of rotatable bonds is 3. The zero-order valence-electron chi connectivity index (χ0n) is 16.7. The molecule has 3 aromatic rings. The number of hydrogen-bond donors (Lipinski definition) is 2. The summed E-state index contributed by atoms with van der Waals surface area (Å²) in [4.78, 5) is 43.2. The molecule has 0 saturated carbocycles. The minimum absolute atomic E-state index is 0.102. The van der Waals surface area contributed by atoms with Crippen LogP contribution in [0.4, 0.5) is 0 Å². The smallest absolute Gasteiger partial charge is 0.281 e. The molecule has 3 amide bonds. The molecule has 8 nitrogen and oxygen atoms in total. The average Bonchev–Trinajstić information content (AvgIpc) is 3.28. The molecule has 0 atom stereocenters. The van der Waals surface area contributed by atoms with Gasteiger partial charge in [0.2, 0.25) is 0 Å². The number of fused-ring (bicyclic) bond motifs is 3. The molecule has 29 heavy (non-hydrogen) atoms. The molecule has 1 aromatic carbocycles. The summed E-state index contributed by atoms with van der Waals surface area (Å²) in [6, 6.07) is 8.77. The second-order valence-corrected chi connectivity index (χ2v) is 7.98. The number of H-pyrrole nitrogens is 1. The van der Waals surface area contributed by atoms with Gasteiger partial charge in [-0.25, -0.2) is 0 Å². The van der Waals surface area contributed by atoms with Gasteiger partial charge in [0.25, 0.3) is 17.7 Å². The topological polar surface area (TPSA) is 108 Å². The fourth-order valence-electron chi connectivity index (χ4n) is 3.37. The van der Waals surface area contributed by atoms with Gasteiger partial charge in [-0.05, 0) is 18.6 Å². The van der Waals surface area contributed by atoms with E-state index in [1.165, 1.54) is 0 Å². The molecular formula is C21H21N5O3. The number of nitrogens with zero attached hydrogens (tertiary/aromatic N) is 3. The summed E-state index contributed by atoms with van der Waals surface area (Å²) in [5.41, 5.74) is 4.75. The van der Waals surface area contributed by atoms with Crippen LogP contribution in [-0.4, -0.2) is 37.9 Å². The highest BCUT2D eigenvalue weighted by Gasteiger charge is 2.41. The fourth-order valence-corrected chi connectivity index (χ4v) is 3.37. The number of hydrogen-bond acceptors (Lipinski definition) is 5. The van der Waals surface area contributed by atoms with Crippen molar-refractivity contribution in [3.8, 4) is 0 Å². The molecule has 0 saturated heterocycles. The van der Waals surface area contributed by atoms with E-state index in [0.717, 1.165) is 10.7 Å². The Morgan fingerprint density at radius 3 is 2.48 bits per heavy atom. The van der Waals surface area contributed by atoms with Gasteiger partial charge < -0.3 is 0 Å². The van der Waals surface area contributed by atoms with Gasteiger partial charge in [0.05, 0.1) is 22.3 Å². The number of para-hydroxylation sites is 1. The number of carbonyl (C=O) groups is 3. The minimum atomic E-state index is -0.637. The second-order valence-electron chi connectivity index (χ2n) is 7.98. The number of nitrogens with one attached hydrogen (secondary N) is 2. The van der Waals surface area contributed by atoms with E-state index in [4.69, 9.17) is 0 Å². The summed E-state index contributed by atoms with van der Waals surface area (Å²) in [5, 5.41) is 8.18. The molecule has 1 aliphatic rings. The van der Waals surface area contributed by atoms with E-state index < -0.39 is 17.7 Å². The maximum absolute atomic E-state index is 13.1. The lowest BCUT2D eigenvalue weighted by Gasteiger charge is -2.15. The molecule has 1 aliphatic heterocycles. The van der Waals surface area contributed by atoms with Gasteiger partial charge in [-0.15, -0.1) is 0 Å². The van der Waals surface area contributed by atoms with E-state index >= 15 is 0 Å². The third-order valence-corrected chi connectivity index (χ3v) is 4.97. The van der Waals surface area contributed by atoms with Crippen LogP contribution < -0.4 is 5.43 Å². The van der Waals surface area contributed by atoms with E-state index in [9.17, 15) is 14.4 Å². The van der Waals surface area contributed by atoms with Crippen LogP contribution in [0.15, 0.2) is 30.3 Å². The van der Waals surface area contributed by atoms with Gasteiger partial charge >= 0.3 is 0 Å².